The van der Waals surface area contributed by atoms with E-state index in [-0.39, 0.29) is 5.95 Å². The molecule has 0 bridgehead atoms. The van der Waals surface area contributed by atoms with Crippen LogP contribution in [0.1, 0.15) is 11.5 Å². The largest absolute Gasteiger partial charge is 0.469 e. The van der Waals surface area contributed by atoms with Gasteiger partial charge in [-0.05, 0) is 18.2 Å². The van der Waals surface area contributed by atoms with E-state index in [1.54, 1.807) is 12.1 Å². The zero-order chi connectivity index (χ0) is 13.0. The van der Waals surface area contributed by atoms with Crippen molar-refractivity contribution in [2.45, 2.75) is 12.6 Å². The van der Waals surface area contributed by atoms with Gasteiger partial charge in [0.25, 0.3) is 0 Å². The second-order valence-electron chi connectivity index (χ2n) is 3.52. The van der Waals surface area contributed by atoms with Crippen LogP contribution in [0.2, 0.25) is 0 Å². The molecule has 2 aromatic heterocycles. The predicted molar refractivity (Wildman–Crippen MR) is 57.9 cm³/mol. The van der Waals surface area contributed by atoms with Crippen molar-refractivity contribution in [3.05, 3.63) is 42.1 Å². The number of furan rings is 1. The minimum atomic E-state index is -4.46. The van der Waals surface area contributed by atoms with Crippen LogP contribution in [0.3, 0.4) is 0 Å². The van der Waals surface area contributed by atoms with E-state index < -0.39 is 11.9 Å². The highest BCUT2D eigenvalue weighted by Crippen LogP contribution is 2.27. The van der Waals surface area contributed by atoms with Crippen molar-refractivity contribution < 1.29 is 17.6 Å². The number of hydrogen-bond acceptors (Lipinski definition) is 4. The molecule has 2 heterocycles. The van der Waals surface area contributed by atoms with Crippen molar-refractivity contribution in [1.82, 2.24) is 9.97 Å². The number of nitrogens with zero attached hydrogens (tertiary/aromatic N) is 2. The number of halogens is 3. The average Bonchev–Trinajstić information content (AvgIpc) is 2.81. The molecule has 0 amide bonds. The summed E-state index contributed by atoms with van der Waals surface area (Å²) in [5.74, 6) is 0.700. The molecule has 0 aliphatic carbocycles. The van der Waals surface area contributed by atoms with E-state index >= 15 is 0 Å². The lowest BCUT2D eigenvalue weighted by Gasteiger charge is -2.07. The number of alkyl halides is 3. The van der Waals surface area contributed by atoms with Crippen LogP contribution in [-0.2, 0) is 12.6 Å². The van der Waals surface area contributed by atoms with Gasteiger partial charge in [0.1, 0.15) is 11.5 Å². The van der Waals surface area contributed by atoms with Crippen LogP contribution in [0, 0.1) is 0 Å². The molecule has 0 saturated heterocycles. The quantitative estimate of drug-likeness (QED) is 0.915. The molecular weight excluding hydrogens is 247 g/mol. The molecule has 0 saturated carbocycles. The summed E-state index contributed by atoms with van der Waals surface area (Å²) in [5.41, 5.74) is -0.960. The highest BCUT2D eigenvalue weighted by atomic mass is 19.4. The molecule has 0 aromatic carbocycles. The van der Waals surface area contributed by atoms with Gasteiger partial charge in [-0.25, -0.2) is 9.97 Å². The summed E-state index contributed by atoms with van der Waals surface area (Å²) in [6, 6.07) is 4.36. The van der Waals surface area contributed by atoms with E-state index in [0.29, 0.717) is 13.0 Å². The molecule has 0 atom stereocenters. The highest BCUT2D eigenvalue weighted by Gasteiger charge is 2.32. The van der Waals surface area contributed by atoms with E-state index in [0.717, 1.165) is 18.0 Å². The van der Waals surface area contributed by atoms with E-state index in [1.165, 1.54) is 6.26 Å². The third kappa shape index (κ3) is 3.22. The number of anilines is 1. The molecule has 0 aliphatic heterocycles. The molecule has 0 radical (unpaired) electrons. The van der Waals surface area contributed by atoms with Gasteiger partial charge in [-0.3, -0.25) is 0 Å². The molecule has 0 spiro atoms. The Hall–Kier alpha value is -2.05. The fourth-order valence-electron chi connectivity index (χ4n) is 1.35. The van der Waals surface area contributed by atoms with Crippen LogP contribution in [0.4, 0.5) is 19.1 Å². The second-order valence-corrected chi connectivity index (χ2v) is 3.52. The summed E-state index contributed by atoms with van der Waals surface area (Å²) in [6.45, 7) is 0.398. The molecule has 7 heteroatoms. The van der Waals surface area contributed by atoms with Crippen molar-refractivity contribution in [2.75, 3.05) is 11.9 Å². The van der Waals surface area contributed by atoms with Gasteiger partial charge >= 0.3 is 6.18 Å². The molecule has 0 aliphatic rings. The summed E-state index contributed by atoms with van der Waals surface area (Å²) in [5, 5.41) is 2.71. The highest BCUT2D eigenvalue weighted by molar-refractivity contribution is 5.26. The average molecular weight is 257 g/mol. The number of hydrogen-bond donors (Lipinski definition) is 1. The Balaban J connectivity index is 1.93. The molecule has 0 unspecified atom stereocenters. The Labute approximate surface area is 101 Å². The Morgan fingerprint density at radius 1 is 1.28 bits per heavy atom. The van der Waals surface area contributed by atoms with Crippen LogP contribution in [-0.4, -0.2) is 16.5 Å². The lowest BCUT2D eigenvalue weighted by Crippen LogP contribution is -2.12. The zero-order valence-corrected chi connectivity index (χ0v) is 9.24. The summed E-state index contributed by atoms with van der Waals surface area (Å²) in [7, 11) is 0. The lowest BCUT2D eigenvalue weighted by atomic mass is 10.3. The monoisotopic (exact) mass is 257 g/mol. The number of aromatic nitrogens is 2. The minimum Gasteiger partial charge on any atom is -0.469 e. The van der Waals surface area contributed by atoms with Gasteiger partial charge in [-0.1, -0.05) is 0 Å². The van der Waals surface area contributed by atoms with E-state index in [2.05, 4.69) is 15.3 Å². The smallest absolute Gasteiger partial charge is 0.433 e. The number of rotatable bonds is 4. The molecule has 96 valence electrons. The van der Waals surface area contributed by atoms with Crippen molar-refractivity contribution in [3.8, 4) is 0 Å². The molecule has 2 aromatic rings. The molecular formula is C11H10F3N3O. The minimum absolute atomic E-state index is 0.0450. The summed E-state index contributed by atoms with van der Waals surface area (Å²) in [4.78, 5) is 7.10. The maximum atomic E-state index is 12.4. The van der Waals surface area contributed by atoms with E-state index in [1.807, 2.05) is 0 Å². The van der Waals surface area contributed by atoms with Gasteiger partial charge in [0.15, 0.2) is 0 Å². The maximum Gasteiger partial charge on any atom is 0.433 e. The van der Waals surface area contributed by atoms with Crippen molar-refractivity contribution in [3.63, 3.8) is 0 Å². The molecule has 4 nitrogen and oxygen atoms in total. The summed E-state index contributed by atoms with van der Waals surface area (Å²) in [6.07, 6.45) is -1.30. The fraction of sp³-hybridized carbons (Fsp3) is 0.273. The summed E-state index contributed by atoms with van der Waals surface area (Å²) >= 11 is 0. The Morgan fingerprint density at radius 3 is 2.78 bits per heavy atom. The lowest BCUT2D eigenvalue weighted by molar-refractivity contribution is -0.141. The Kier molecular flexibility index (Phi) is 3.50. The van der Waals surface area contributed by atoms with E-state index in [4.69, 9.17) is 4.42 Å². The Morgan fingerprint density at radius 2 is 2.11 bits per heavy atom. The normalized spacial score (nSPS) is 11.5. The second kappa shape index (κ2) is 5.07. The first kappa shape index (κ1) is 12.4. The van der Waals surface area contributed by atoms with Gasteiger partial charge in [0, 0.05) is 19.2 Å². The van der Waals surface area contributed by atoms with Gasteiger partial charge in [0.05, 0.1) is 6.26 Å². The third-order valence-corrected chi connectivity index (χ3v) is 2.18. The first-order chi connectivity index (χ1) is 8.55. The molecule has 1 N–H and O–H groups in total. The standard InChI is InChI=1S/C11H10F3N3O/c12-11(13,14)9-4-6-16-10(17-9)15-5-3-8-2-1-7-18-8/h1-2,4,6-7H,3,5H2,(H,15,16,17). The van der Waals surface area contributed by atoms with Gasteiger partial charge in [-0.2, -0.15) is 13.2 Å². The molecule has 18 heavy (non-hydrogen) atoms. The molecule has 2 rings (SSSR count). The Bertz CT molecular complexity index is 496. The SMILES string of the molecule is FC(F)(F)c1ccnc(NCCc2ccco2)n1. The molecule has 0 fully saturated rings. The van der Waals surface area contributed by atoms with Crippen LogP contribution < -0.4 is 5.32 Å². The summed E-state index contributed by atoms with van der Waals surface area (Å²) < 4.78 is 42.2. The van der Waals surface area contributed by atoms with Gasteiger partial charge < -0.3 is 9.73 Å². The van der Waals surface area contributed by atoms with Crippen LogP contribution in [0.5, 0.6) is 0 Å². The number of nitrogens with one attached hydrogen (secondary N) is 1. The third-order valence-electron chi connectivity index (χ3n) is 2.18. The van der Waals surface area contributed by atoms with Crippen molar-refractivity contribution in [1.29, 1.82) is 0 Å². The van der Waals surface area contributed by atoms with Crippen LogP contribution in [0.15, 0.2) is 35.1 Å². The van der Waals surface area contributed by atoms with Crippen LogP contribution in [0.25, 0.3) is 0 Å². The van der Waals surface area contributed by atoms with Gasteiger partial charge in [-0.15, -0.1) is 0 Å². The topological polar surface area (TPSA) is 51.0 Å². The first-order valence-corrected chi connectivity index (χ1v) is 5.22. The van der Waals surface area contributed by atoms with Crippen LogP contribution >= 0.6 is 0 Å². The maximum absolute atomic E-state index is 12.4. The van der Waals surface area contributed by atoms with Crippen molar-refractivity contribution in [2.24, 2.45) is 0 Å². The van der Waals surface area contributed by atoms with Crippen molar-refractivity contribution >= 4 is 5.95 Å². The zero-order valence-electron chi connectivity index (χ0n) is 9.24. The first-order valence-electron chi connectivity index (χ1n) is 5.22. The fourth-order valence-corrected chi connectivity index (χ4v) is 1.35. The van der Waals surface area contributed by atoms with Gasteiger partial charge in [0.2, 0.25) is 5.95 Å². The predicted octanol–water partition coefficient (Wildman–Crippen LogP) is 2.74. The van der Waals surface area contributed by atoms with E-state index in [9.17, 15) is 13.2 Å².